The van der Waals surface area contributed by atoms with Crippen molar-refractivity contribution in [1.29, 1.82) is 0 Å². The average Bonchev–Trinajstić information content (AvgIpc) is 3.47. The van der Waals surface area contributed by atoms with Gasteiger partial charge in [0.15, 0.2) is 11.3 Å². The minimum atomic E-state index is -4.71. The maximum absolute atomic E-state index is 14.1. The lowest BCUT2D eigenvalue weighted by atomic mass is 9.89. The van der Waals surface area contributed by atoms with Crippen LogP contribution in [0.4, 0.5) is 17.6 Å². The molecule has 1 fully saturated rings. The number of rotatable bonds is 3. The van der Waals surface area contributed by atoms with Gasteiger partial charge in [0, 0.05) is 36.6 Å². The minimum Gasteiger partial charge on any atom is -0.337 e. The molecule has 0 radical (unpaired) electrons. The summed E-state index contributed by atoms with van der Waals surface area (Å²) in [6, 6.07) is 7.47. The van der Waals surface area contributed by atoms with Crippen LogP contribution in [0.25, 0.3) is 16.8 Å². The molecule has 0 saturated carbocycles. The van der Waals surface area contributed by atoms with Gasteiger partial charge in [-0.25, -0.2) is 9.37 Å². The van der Waals surface area contributed by atoms with Crippen molar-refractivity contribution in [2.75, 3.05) is 13.1 Å². The fourth-order valence-corrected chi connectivity index (χ4v) is 4.63. The Morgan fingerprint density at radius 1 is 1.15 bits per heavy atom. The van der Waals surface area contributed by atoms with E-state index >= 15 is 0 Å². The molecule has 34 heavy (non-hydrogen) atoms. The van der Waals surface area contributed by atoms with E-state index in [1.807, 2.05) is 0 Å². The lowest BCUT2D eigenvalue weighted by Gasteiger charge is -2.32. The molecule has 1 aromatic carbocycles. The molecule has 4 heterocycles. The molecule has 0 spiro atoms. The Morgan fingerprint density at radius 2 is 1.88 bits per heavy atom. The average molecular weight is 492 g/mol. The number of amides is 1. The van der Waals surface area contributed by atoms with E-state index in [1.165, 1.54) is 29.6 Å². The standard InChI is InChI=1S/C23H18ClF4N5O/c24-20-19(22(34)32-7-5-13(6-8-32)16-3-1-2-4-18(16)25)31-21-17(23(26,27)28)9-14(12-33(20)21)15-10-29-30-11-15/h1-4,9-13H,5-8H2,(H,29,30). The van der Waals surface area contributed by atoms with Gasteiger partial charge in [-0.15, -0.1) is 0 Å². The summed E-state index contributed by atoms with van der Waals surface area (Å²) in [6.07, 6.45) is 0.572. The first-order chi connectivity index (χ1) is 16.2. The molecule has 0 unspecified atom stereocenters. The van der Waals surface area contributed by atoms with E-state index in [-0.39, 0.29) is 28.1 Å². The highest BCUT2D eigenvalue weighted by Crippen LogP contribution is 2.37. The summed E-state index contributed by atoms with van der Waals surface area (Å²) in [5.74, 6) is -0.890. The van der Waals surface area contributed by atoms with Crippen molar-refractivity contribution in [2.45, 2.75) is 24.9 Å². The van der Waals surface area contributed by atoms with Crippen molar-refractivity contribution in [1.82, 2.24) is 24.5 Å². The van der Waals surface area contributed by atoms with E-state index in [0.29, 0.717) is 37.1 Å². The first kappa shape index (κ1) is 22.4. The van der Waals surface area contributed by atoms with Gasteiger partial charge in [-0.2, -0.15) is 18.3 Å². The number of likely N-dealkylation sites (tertiary alicyclic amines) is 1. The Bertz CT molecular complexity index is 1360. The summed E-state index contributed by atoms with van der Waals surface area (Å²) in [5.41, 5.74) is -0.458. The number of carbonyl (C=O) groups excluding carboxylic acids is 1. The number of halogens is 5. The third kappa shape index (κ3) is 3.91. The zero-order valence-corrected chi connectivity index (χ0v) is 18.4. The summed E-state index contributed by atoms with van der Waals surface area (Å²) in [5, 5.41) is 6.13. The van der Waals surface area contributed by atoms with Crippen molar-refractivity contribution in [2.24, 2.45) is 0 Å². The highest BCUT2D eigenvalue weighted by molar-refractivity contribution is 6.33. The third-order valence-corrected chi connectivity index (χ3v) is 6.49. The van der Waals surface area contributed by atoms with Crippen molar-refractivity contribution < 1.29 is 22.4 Å². The number of imidazole rings is 1. The normalized spacial score (nSPS) is 15.3. The second kappa shape index (κ2) is 8.43. The Hall–Kier alpha value is -3.40. The molecule has 0 aliphatic carbocycles. The fraction of sp³-hybridized carbons (Fsp3) is 0.261. The lowest BCUT2D eigenvalue weighted by Crippen LogP contribution is -2.38. The topological polar surface area (TPSA) is 66.3 Å². The summed E-state index contributed by atoms with van der Waals surface area (Å²) in [4.78, 5) is 18.7. The van der Waals surface area contributed by atoms with Crippen LogP contribution in [0, 0.1) is 5.82 Å². The molecule has 4 aromatic rings. The number of benzene rings is 1. The number of piperidine rings is 1. The number of fused-ring (bicyclic) bond motifs is 1. The van der Waals surface area contributed by atoms with E-state index in [1.54, 1.807) is 18.2 Å². The Morgan fingerprint density at radius 3 is 2.53 bits per heavy atom. The van der Waals surface area contributed by atoms with Crippen LogP contribution in [0.3, 0.4) is 0 Å². The quantitative estimate of drug-likeness (QED) is 0.382. The number of nitrogens with one attached hydrogen (secondary N) is 1. The van der Waals surface area contributed by atoms with Gasteiger partial charge in [0.05, 0.1) is 11.8 Å². The molecule has 11 heteroatoms. The van der Waals surface area contributed by atoms with Crippen LogP contribution in [-0.4, -0.2) is 43.5 Å². The zero-order valence-electron chi connectivity index (χ0n) is 17.6. The zero-order chi connectivity index (χ0) is 24.0. The number of carbonyl (C=O) groups is 1. The largest absolute Gasteiger partial charge is 0.420 e. The van der Waals surface area contributed by atoms with Crippen LogP contribution in [-0.2, 0) is 6.18 Å². The van der Waals surface area contributed by atoms with Gasteiger partial charge in [-0.05, 0) is 36.5 Å². The Kier molecular flexibility index (Phi) is 5.55. The van der Waals surface area contributed by atoms with Gasteiger partial charge >= 0.3 is 6.18 Å². The number of aromatic nitrogens is 4. The fourth-order valence-electron chi connectivity index (χ4n) is 4.38. The van der Waals surface area contributed by atoms with E-state index in [2.05, 4.69) is 15.2 Å². The van der Waals surface area contributed by atoms with Crippen LogP contribution < -0.4 is 0 Å². The predicted molar refractivity (Wildman–Crippen MR) is 117 cm³/mol. The molecule has 176 valence electrons. The van der Waals surface area contributed by atoms with E-state index in [9.17, 15) is 22.4 Å². The van der Waals surface area contributed by atoms with Gasteiger partial charge in [-0.1, -0.05) is 29.8 Å². The highest BCUT2D eigenvalue weighted by Gasteiger charge is 2.37. The molecule has 1 aliphatic heterocycles. The van der Waals surface area contributed by atoms with Gasteiger partial charge in [0.1, 0.15) is 11.0 Å². The molecule has 1 saturated heterocycles. The molecule has 0 bridgehead atoms. The molecular weight excluding hydrogens is 474 g/mol. The van der Waals surface area contributed by atoms with Crippen molar-refractivity contribution in [3.63, 3.8) is 0 Å². The van der Waals surface area contributed by atoms with Crippen molar-refractivity contribution in [3.05, 3.63) is 76.7 Å². The maximum Gasteiger partial charge on any atom is 0.420 e. The number of hydrogen-bond donors (Lipinski definition) is 1. The molecule has 5 rings (SSSR count). The first-order valence-electron chi connectivity index (χ1n) is 10.6. The molecule has 1 N–H and O–H groups in total. The van der Waals surface area contributed by atoms with Gasteiger partial charge < -0.3 is 4.90 Å². The predicted octanol–water partition coefficient (Wildman–Crippen LogP) is 5.56. The molecular formula is C23H18ClF4N5O. The monoisotopic (exact) mass is 491 g/mol. The van der Waals surface area contributed by atoms with Gasteiger partial charge in [0.25, 0.3) is 5.91 Å². The van der Waals surface area contributed by atoms with Crippen LogP contribution in [0.1, 0.15) is 40.4 Å². The molecule has 1 aliphatic rings. The van der Waals surface area contributed by atoms with Crippen LogP contribution in [0.2, 0.25) is 5.15 Å². The highest BCUT2D eigenvalue weighted by atomic mass is 35.5. The number of pyridine rings is 1. The van der Waals surface area contributed by atoms with Gasteiger partial charge in [0.2, 0.25) is 0 Å². The second-order valence-electron chi connectivity index (χ2n) is 8.16. The van der Waals surface area contributed by atoms with E-state index in [0.717, 1.165) is 10.5 Å². The number of aromatic amines is 1. The number of nitrogens with zero attached hydrogens (tertiary/aromatic N) is 4. The second-order valence-corrected chi connectivity index (χ2v) is 8.52. The number of H-pyrrole nitrogens is 1. The van der Waals surface area contributed by atoms with Crippen molar-refractivity contribution >= 4 is 23.2 Å². The Labute approximate surface area is 196 Å². The minimum absolute atomic E-state index is 0.0452. The SMILES string of the molecule is O=C(c1nc2c(C(F)(F)F)cc(-c3cn[nH]c3)cn2c1Cl)N1CCC(c2ccccc2F)CC1. The van der Waals surface area contributed by atoms with Crippen LogP contribution in [0.5, 0.6) is 0 Å². The summed E-state index contributed by atoms with van der Waals surface area (Å²) in [6.45, 7) is 0.628. The van der Waals surface area contributed by atoms with Crippen molar-refractivity contribution in [3.8, 4) is 11.1 Å². The first-order valence-corrected chi connectivity index (χ1v) is 10.9. The van der Waals surface area contributed by atoms with Crippen LogP contribution >= 0.6 is 11.6 Å². The number of alkyl halides is 3. The van der Waals surface area contributed by atoms with Gasteiger partial charge in [-0.3, -0.25) is 14.3 Å². The number of hydrogen-bond acceptors (Lipinski definition) is 3. The van der Waals surface area contributed by atoms with E-state index < -0.39 is 23.3 Å². The molecule has 3 aromatic heterocycles. The maximum atomic E-state index is 14.1. The Balaban J connectivity index is 1.47. The third-order valence-electron chi connectivity index (χ3n) is 6.13. The van der Waals surface area contributed by atoms with Crippen LogP contribution in [0.15, 0.2) is 48.9 Å². The lowest BCUT2D eigenvalue weighted by molar-refractivity contribution is -0.136. The summed E-state index contributed by atoms with van der Waals surface area (Å²) < 4.78 is 56.7. The smallest absolute Gasteiger partial charge is 0.337 e. The molecule has 1 amide bonds. The summed E-state index contributed by atoms with van der Waals surface area (Å²) >= 11 is 6.38. The summed E-state index contributed by atoms with van der Waals surface area (Å²) in [7, 11) is 0. The van der Waals surface area contributed by atoms with E-state index in [4.69, 9.17) is 11.6 Å². The molecule has 0 atom stereocenters. The molecule has 6 nitrogen and oxygen atoms in total.